The maximum absolute atomic E-state index is 11.8. The quantitative estimate of drug-likeness (QED) is 0.729. The smallest absolute Gasteiger partial charge is 0.407 e. The maximum atomic E-state index is 11.8. The zero-order chi connectivity index (χ0) is 15.2. The van der Waals surface area contributed by atoms with Crippen molar-refractivity contribution >= 4 is 6.09 Å². The molecule has 0 saturated carbocycles. The minimum Gasteiger partial charge on any atom is -0.444 e. The molecule has 0 fully saturated rings. The first-order valence-electron chi connectivity index (χ1n) is 6.83. The van der Waals surface area contributed by atoms with Crippen molar-refractivity contribution in [2.75, 3.05) is 0 Å². The number of aliphatic hydroxyl groups excluding tert-OH is 1. The van der Waals surface area contributed by atoms with Crippen LogP contribution in [0.3, 0.4) is 0 Å². The molecule has 0 unspecified atom stereocenters. The first-order chi connectivity index (χ1) is 8.51. The largest absolute Gasteiger partial charge is 0.444 e. The molecule has 0 aromatic carbocycles. The van der Waals surface area contributed by atoms with E-state index in [2.05, 4.69) is 25.7 Å². The summed E-state index contributed by atoms with van der Waals surface area (Å²) in [6, 6.07) is -0.313. The van der Waals surface area contributed by atoms with Gasteiger partial charge in [-0.25, -0.2) is 4.79 Å². The highest BCUT2D eigenvalue weighted by atomic mass is 16.6. The first-order valence-corrected chi connectivity index (χ1v) is 6.83. The summed E-state index contributed by atoms with van der Waals surface area (Å²) >= 11 is 0. The van der Waals surface area contributed by atoms with Crippen molar-refractivity contribution in [1.29, 1.82) is 0 Å². The molecule has 0 heterocycles. The van der Waals surface area contributed by atoms with Gasteiger partial charge in [-0.15, -0.1) is 6.58 Å². The highest BCUT2D eigenvalue weighted by Crippen LogP contribution is 2.15. The van der Waals surface area contributed by atoms with Crippen LogP contribution in [0.1, 0.15) is 54.4 Å². The molecule has 0 saturated heterocycles. The van der Waals surface area contributed by atoms with Gasteiger partial charge in [-0.3, -0.25) is 0 Å². The van der Waals surface area contributed by atoms with Gasteiger partial charge in [0.2, 0.25) is 0 Å². The van der Waals surface area contributed by atoms with Crippen LogP contribution in [0, 0.1) is 5.92 Å². The lowest BCUT2D eigenvalue weighted by atomic mass is 9.96. The molecule has 2 atom stereocenters. The van der Waals surface area contributed by atoms with Crippen LogP contribution in [0.15, 0.2) is 12.2 Å². The third kappa shape index (κ3) is 9.54. The predicted molar refractivity (Wildman–Crippen MR) is 78.1 cm³/mol. The van der Waals surface area contributed by atoms with Crippen LogP contribution in [0.4, 0.5) is 4.79 Å². The van der Waals surface area contributed by atoms with E-state index in [0.29, 0.717) is 18.8 Å². The third-order valence-electron chi connectivity index (χ3n) is 2.45. The molecule has 0 aromatic heterocycles. The highest BCUT2D eigenvalue weighted by Gasteiger charge is 2.25. The van der Waals surface area contributed by atoms with Crippen LogP contribution in [0.25, 0.3) is 0 Å². The zero-order valence-electron chi connectivity index (χ0n) is 13.1. The molecule has 19 heavy (non-hydrogen) atoms. The molecular formula is C15H29NO3. The van der Waals surface area contributed by atoms with Gasteiger partial charge < -0.3 is 15.2 Å². The van der Waals surface area contributed by atoms with Gasteiger partial charge in [0.25, 0.3) is 0 Å². The second-order valence-electron chi connectivity index (χ2n) is 6.61. The third-order valence-corrected chi connectivity index (χ3v) is 2.45. The fourth-order valence-corrected chi connectivity index (χ4v) is 1.78. The fraction of sp³-hybridized carbons (Fsp3) is 0.800. The van der Waals surface area contributed by atoms with Crippen LogP contribution in [-0.2, 0) is 4.74 Å². The number of amides is 1. The van der Waals surface area contributed by atoms with Crippen LogP contribution >= 0.6 is 0 Å². The summed E-state index contributed by atoms with van der Waals surface area (Å²) in [5.41, 5.74) is 0.360. The lowest BCUT2D eigenvalue weighted by molar-refractivity contribution is 0.0404. The summed E-state index contributed by atoms with van der Waals surface area (Å²) in [7, 11) is 0. The summed E-state index contributed by atoms with van der Waals surface area (Å²) in [6.45, 7) is 15.2. The molecule has 2 N–H and O–H groups in total. The van der Waals surface area contributed by atoms with Crippen molar-refractivity contribution < 1.29 is 14.6 Å². The minimum atomic E-state index is -0.632. The summed E-state index contributed by atoms with van der Waals surface area (Å²) in [5, 5.41) is 12.9. The molecule has 0 rings (SSSR count). The fourth-order valence-electron chi connectivity index (χ4n) is 1.78. The Morgan fingerprint density at radius 1 is 1.37 bits per heavy atom. The molecule has 0 aliphatic rings. The minimum absolute atomic E-state index is 0.313. The SMILES string of the molecule is C=C(C)C[C@H](O)[C@H](CC(C)C)NC(=O)OC(C)(C)C. The van der Waals surface area contributed by atoms with Crippen molar-refractivity contribution in [3.63, 3.8) is 0 Å². The average molecular weight is 271 g/mol. The molecular weight excluding hydrogens is 242 g/mol. The van der Waals surface area contributed by atoms with Crippen LogP contribution in [0.5, 0.6) is 0 Å². The molecule has 4 nitrogen and oxygen atoms in total. The van der Waals surface area contributed by atoms with Crippen molar-refractivity contribution in [1.82, 2.24) is 5.32 Å². The average Bonchev–Trinajstić information content (AvgIpc) is 2.11. The van der Waals surface area contributed by atoms with E-state index in [1.54, 1.807) is 0 Å². The van der Waals surface area contributed by atoms with Gasteiger partial charge in [-0.2, -0.15) is 0 Å². The first kappa shape index (κ1) is 18.0. The van der Waals surface area contributed by atoms with Gasteiger partial charge in [0.1, 0.15) is 5.60 Å². The Morgan fingerprint density at radius 2 is 1.89 bits per heavy atom. The summed E-state index contributed by atoms with van der Waals surface area (Å²) in [5.74, 6) is 0.375. The Balaban J connectivity index is 4.58. The number of hydrogen-bond acceptors (Lipinski definition) is 3. The molecule has 4 heteroatoms. The Morgan fingerprint density at radius 3 is 2.26 bits per heavy atom. The number of hydrogen-bond donors (Lipinski definition) is 2. The summed E-state index contributed by atoms with van der Waals surface area (Å²) in [4.78, 5) is 11.8. The van der Waals surface area contributed by atoms with Gasteiger partial charge in [0, 0.05) is 0 Å². The summed E-state index contributed by atoms with van der Waals surface area (Å²) < 4.78 is 5.22. The van der Waals surface area contributed by atoms with Gasteiger partial charge in [-0.1, -0.05) is 19.4 Å². The molecule has 112 valence electrons. The number of alkyl carbamates (subject to hydrolysis) is 1. The zero-order valence-corrected chi connectivity index (χ0v) is 13.1. The molecule has 0 radical (unpaired) electrons. The van der Waals surface area contributed by atoms with Crippen LogP contribution < -0.4 is 5.32 Å². The molecule has 1 amide bonds. The van der Waals surface area contributed by atoms with E-state index in [-0.39, 0.29) is 6.04 Å². The number of nitrogens with one attached hydrogen (secondary N) is 1. The van der Waals surface area contributed by atoms with Gasteiger partial charge in [0.15, 0.2) is 0 Å². The Labute approximate surface area is 117 Å². The van der Waals surface area contributed by atoms with Gasteiger partial charge in [-0.05, 0) is 46.5 Å². The lowest BCUT2D eigenvalue weighted by Gasteiger charge is -2.28. The van der Waals surface area contributed by atoms with E-state index in [1.165, 1.54) is 0 Å². The predicted octanol–water partition coefficient (Wildman–Crippen LogP) is 3.25. The van der Waals surface area contributed by atoms with Gasteiger partial charge in [0.05, 0.1) is 12.1 Å². The molecule has 0 spiro atoms. The normalized spacial score (nSPS) is 14.9. The highest BCUT2D eigenvalue weighted by molar-refractivity contribution is 5.68. The van der Waals surface area contributed by atoms with Crippen molar-refractivity contribution in [2.45, 2.75) is 72.1 Å². The van der Waals surface area contributed by atoms with E-state index in [1.807, 2.05) is 27.7 Å². The van der Waals surface area contributed by atoms with E-state index in [4.69, 9.17) is 4.74 Å². The van der Waals surface area contributed by atoms with Crippen molar-refractivity contribution in [2.24, 2.45) is 5.92 Å². The second-order valence-corrected chi connectivity index (χ2v) is 6.61. The van der Waals surface area contributed by atoms with E-state index < -0.39 is 17.8 Å². The number of carbonyl (C=O) groups excluding carboxylic acids is 1. The van der Waals surface area contributed by atoms with E-state index in [0.717, 1.165) is 5.57 Å². The Hall–Kier alpha value is -1.03. The monoisotopic (exact) mass is 271 g/mol. The van der Waals surface area contributed by atoms with Crippen LogP contribution in [0.2, 0.25) is 0 Å². The van der Waals surface area contributed by atoms with Crippen molar-refractivity contribution in [3.05, 3.63) is 12.2 Å². The molecule has 0 aromatic rings. The standard InChI is InChI=1S/C15H29NO3/c1-10(2)8-12(13(17)9-11(3)4)16-14(18)19-15(5,6)7/h10,12-13,17H,3,8-9H2,1-2,4-7H3,(H,16,18)/t12-,13-/m0/s1. The molecule has 0 bridgehead atoms. The van der Waals surface area contributed by atoms with E-state index in [9.17, 15) is 9.90 Å². The second kappa shape index (κ2) is 7.53. The van der Waals surface area contributed by atoms with E-state index >= 15 is 0 Å². The molecule has 0 aliphatic carbocycles. The van der Waals surface area contributed by atoms with Crippen LogP contribution in [-0.4, -0.2) is 28.9 Å². The topological polar surface area (TPSA) is 58.6 Å². The van der Waals surface area contributed by atoms with Gasteiger partial charge >= 0.3 is 6.09 Å². The summed E-state index contributed by atoms with van der Waals surface area (Å²) in [6.07, 6.45) is 0.0623. The lowest BCUT2D eigenvalue weighted by Crippen LogP contribution is -2.46. The Kier molecular flexibility index (Phi) is 7.12. The maximum Gasteiger partial charge on any atom is 0.407 e. The number of carbonyl (C=O) groups is 1. The molecule has 0 aliphatic heterocycles. The number of ether oxygens (including phenoxy) is 1. The number of rotatable bonds is 6. The number of aliphatic hydroxyl groups is 1. The Bertz CT molecular complexity index is 305. The van der Waals surface area contributed by atoms with Crippen molar-refractivity contribution in [3.8, 4) is 0 Å².